The summed E-state index contributed by atoms with van der Waals surface area (Å²) in [4.78, 5) is 11.6. The first-order chi connectivity index (χ1) is 7.54. The standard InChI is InChI=1S/C10H15N3O2S/c1-16(15)13-8(6-11)4-7-5-10(2-3-10)12-9(7)14/h7-8,13H,2-5H2,1H3,(H,12,14). The van der Waals surface area contributed by atoms with Gasteiger partial charge in [-0.15, -0.1) is 0 Å². The molecule has 16 heavy (non-hydrogen) atoms. The molecule has 2 aliphatic rings. The molecule has 1 saturated heterocycles. The number of hydrogen-bond donors (Lipinski definition) is 2. The van der Waals surface area contributed by atoms with Gasteiger partial charge in [0.25, 0.3) is 0 Å². The van der Waals surface area contributed by atoms with Crippen molar-refractivity contribution in [2.24, 2.45) is 5.92 Å². The summed E-state index contributed by atoms with van der Waals surface area (Å²) in [6.45, 7) is 0. The van der Waals surface area contributed by atoms with Gasteiger partial charge in [0.1, 0.15) is 6.04 Å². The van der Waals surface area contributed by atoms with Crippen LogP contribution >= 0.6 is 0 Å². The second-order valence-electron chi connectivity index (χ2n) is 4.66. The van der Waals surface area contributed by atoms with Crippen molar-refractivity contribution in [3.05, 3.63) is 0 Å². The Bertz CT molecular complexity index is 373. The molecule has 3 unspecified atom stereocenters. The van der Waals surface area contributed by atoms with Crippen LogP contribution in [0.4, 0.5) is 0 Å². The van der Waals surface area contributed by atoms with E-state index < -0.39 is 17.0 Å². The summed E-state index contributed by atoms with van der Waals surface area (Å²) in [5.74, 6) is -0.0652. The van der Waals surface area contributed by atoms with E-state index in [0.29, 0.717) is 6.42 Å². The Hall–Kier alpha value is -0.930. The quantitative estimate of drug-likeness (QED) is 0.716. The zero-order chi connectivity index (χ0) is 11.8. The fourth-order valence-electron chi connectivity index (χ4n) is 2.26. The summed E-state index contributed by atoms with van der Waals surface area (Å²) in [5, 5.41) is 11.9. The molecule has 0 radical (unpaired) electrons. The van der Waals surface area contributed by atoms with Crippen molar-refractivity contribution in [2.75, 3.05) is 6.26 Å². The van der Waals surface area contributed by atoms with Crippen molar-refractivity contribution in [3.63, 3.8) is 0 Å². The van der Waals surface area contributed by atoms with Crippen molar-refractivity contribution in [3.8, 4) is 6.07 Å². The second kappa shape index (κ2) is 4.15. The number of nitriles is 1. The Kier molecular flexibility index (Phi) is 3.00. The van der Waals surface area contributed by atoms with Crippen molar-refractivity contribution in [2.45, 2.75) is 37.3 Å². The van der Waals surface area contributed by atoms with E-state index in [1.54, 1.807) is 0 Å². The van der Waals surface area contributed by atoms with Crippen LogP contribution in [0, 0.1) is 17.2 Å². The first kappa shape index (κ1) is 11.6. The van der Waals surface area contributed by atoms with E-state index in [0.717, 1.165) is 19.3 Å². The zero-order valence-electron chi connectivity index (χ0n) is 9.16. The maximum atomic E-state index is 11.6. The van der Waals surface area contributed by atoms with E-state index in [2.05, 4.69) is 10.0 Å². The molecule has 5 nitrogen and oxygen atoms in total. The summed E-state index contributed by atoms with van der Waals surface area (Å²) in [6, 6.07) is 1.54. The molecular formula is C10H15N3O2S. The van der Waals surface area contributed by atoms with E-state index in [9.17, 15) is 9.00 Å². The third kappa shape index (κ3) is 2.42. The number of carbonyl (C=O) groups excluding carboxylic acids is 1. The molecule has 0 aromatic heterocycles. The minimum atomic E-state index is -1.21. The number of rotatable bonds is 4. The summed E-state index contributed by atoms with van der Waals surface area (Å²) < 4.78 is 13.6. The van der Waals surface area contributed by atoms with Crippen molar-refractivity contribution in [1.29, 1.82) is 5.26 Å². The van der Waals surface area contributed by atoms with E-state index in [1.165, 1.54) is 6.26 Å². The third-order valence-electron chi connectivity index (χ3n) is 3.23. The van der Waals surface area contributed by atoms with E-state index in [4.69, 9.17) is 5.26 Å². The highest BCUT2D eigenvalue weighted by Crippen LogP contribution is 2.46. The number of amides is 1. The summed E-state index contributed by atoms with van der Waals surface area (Å²) in [5.41, 5.74) is 0.0487. The zero-order valence-corrected chi connectivity index (χ0v) is 9.97. The van der Waals surface area contributed by atoms with Crippen LogP contribution in [0.5, 0.6) is 0 Å². The molecule has 0 aromatic rings. The lowest BCUT2D eigenvalue weighted by Crippen LogP contribution is -2.33. The Morgan fingerprint density at radius 3 is 2.88 bits per heavy atom. The van der Waals surface area contributed by atoms with Crippen LogP contribution in [0.3, 0.4) is 0 Å². The van der Waals surface area contributed by atoms with Gasteiger partial charge >= 0.3 is 0 Å². The molecule has 1 aliphatic carbocycles. The molecule has 2 rings (SSSR count). The van der Waals surface area contributed by atoms with E-state index in [-0.39, 0.29) is 17.4 Å². The van der Waals surface area contributed by atoms with E-state index in [1.807, 2.05) is 6.07 Å². The predicted molar refractivity (Wildman–Crippen MR) is 59.4 cm³/mol. The normalized spacial score (nSPS) is 29.5. The van der Waals surface area contributed by atoms with Gasteiger partial charge < -0.3 is 5.32 Å². The highest BCUT2D eigenvalue weighted by molar-refractivity contribution is 7.82. The highest BCUT2D eigenvalue weighted by Gasteiger charge is 2.52. The fraction of sp³-hybridized carbons (Fsp3) is 0.800. The topological polar surface area (TPSA) is 82.0 Å². The van der Waals surface area contributed by atoms with Crippen LogP contribution < -0.4 is 10.0 Å². The first-order valence-electron chi connectivity index (χ1n) is 5.36. The average Bonchev–Trinajstić information content (AvgIpc) is 2.87. The van der Waals surface area contributed by atoms with Crippen LogP contribution in [0.2, 0.25) is 0 Å². The van der Waals surface area contributed by atoms with Gasteiger partial charge in [0, 0.05) is 17.7 Å². The smallest absolute Gasteiger partial charge is 0.223 e. The van der Waals surface area contributed by atoms with Gasteiger partial charge in [0.05, 0.1) is 17.1 Å². The Balaban J connectivity index is 1.91. The molecule has 1 spiro atoms. The van der Waals surface area contributed by atoms with Crippen molar-refractivity contribution in [1.82, 2.24) is 10.0 Å². The number of carbonyl (C=O) groups is 1. The van der Waals surface area contributed by atoms with Gasteiger partial charge in [-0.25, -0.2) is 8.93 Å². The largest absolute Gasteiger partial charge is 0.350 e. The third-order valence-corrected chi connectivity index (χ3v) is 3.85. The molecule has 2 N–H and O–H groups in total. The van der Waals surface area contributed by atoms with Gasteiger partial charge in [-0.1, -0.05) is 0 Å². The molecule has 88 valence electrons. The molecule has 0 aromatic carbocycles. The van der Waals surface area contributed by atoms with Gasteiger partial charge in [0.2, 0.25) is 5.91 Å². The minimum Gasteiger partial charge on any atom is -0.350 e. The minimum absolute atomic E-state index is 0.0430. The summed E-state index contributed by atoms with van der Waals surface area (Å²) >= 11 is 0. The van der Waals surface area contributed by atoms with Crippen LogP contribution in [0.25, 0.3) is 0 Å². The molecule has 1 heterocycles. The summed E-state index contributed by atoms with van der Waals surface area (Å²) in [6.07, 6.45) is 4.87. The molecule has 1 saturated carbocycles. The lowest BCUT2D eigenvalue weighted by Gasteiger charge is -2.12. The number of hydrogen-bond acceptors (Lipinski definition) is 3. The molecule has 2 fully saturated rings. The van der Waals surface area contributed by atoms with Crippen LogP contribution in [0.1, 0.15) is 25.7 Å². The Morgan fingerprint density at radius 2 is 2.44 bits per heavy atom. The van der Waals surface area contributed by atoms with Crippen LogP contribution in [-0.2, 0) is 15.8 Å². The molecule has 3 atom stereocenters. The van der Waals surface area contributed by atoms with Crippen LogP contribution in [-0.4, -0.2) is 28.0 Å². The van der Waals surface area contributed by atoms with Gasteiger partial charge in [-0.3, -0.25) is 4.79 Å². The molecular weight excluding hydrogens is 226 g/mol. The van der Waals surface area contributed by atoms with Crippen LogP contribution in [0.15, 0.2) is 0 Å². The molecule has 1 amide bonds. The highest BCUT2D eigenvalue weighted by atomic mass is 32.2. The molecule has 1 aliphatic heterocycles. The van der Waals surface area contributed by atoms with Gasteiger partial charge in [-0.05, 0) is 25.7 Å². The fourth-order valence-corrected chi connectivity index (χ4v) is 2.81. The average molecular weight is 241 g/mol. The second-order valence-corrected chi connectivity index (χ2v) is 5.80. The molecule has 6 heteroatoms. The van der Waals surface area contributed by atoms with Gasteiger partial charge in [-0.2, -0.15) is 5.26 Å². The SMILES string of the molecule is CS(=O)NC(C#N)CC1CC2(CC2)NC1=O. The maximum absolute atomic E-state index is 11.6. The van der Waals surface area contributed by atoms with Crippen molar-refractivity contribution < 1.29 is 9.00 Å². The first-order valence-corrected chi connectivity index (χ1v) is 6.92. The Morgan fingerprint density at radius 1 is 1.75 bits per heavy atom. The maximum Gasteiger partial charge on any atom is 0.223 e. The lowest BCUT2D eigenvalue weighted by molar-refractivity contribution is -0.122. The number of nitrogens with one attached hydrogen (secondary N) is 2. The lowest BCUT2D eigenvalue weighted by atomic mass is 9.96. The number of nitrogens with zero attached hydrogens (tertiary/aromatic N) is 1. The monoisotopic (exact) mass is 241 g/mol. The van der Waals surface area contributed by atoms with Crippen molar-refractivity contribution >= 4 is 16.9 Å². The Labute approximate surface area is 97.2 Å². The molecule has 0 bridgehead atoms. The summed E-state index contributed by atoms with van der Waals surface area (Å²) in [7, 11) is -1.21. The van der Waals surface area contributed by atoms with E-state index >= 15 is 0 Å². The van der Waals surface area contributed by atoms with Gasteiger partial charge in [0.15, 0.2) is 0 Å². The predicted octanol–water partition coefficient (Wildman–Crippen LogP) is -0.180.